The Labute approximate surface area is 160 Å². The smallest absolute Gasteiger partial charge is 0.322 e. The standard InChI is InChI=1S/C18H17N3O4S2/c1-12(2)27(23,24)15-8-5-13(6-9-15)17-20-21-18(25-17)19-16(22)10-7-14-4-3-11-26-14/h3-12H,1-2H3,(H,19,21,22)/b10-7+. The summed E-state index contributed by atoms with van der Waals surface area (Å²) < 4.78 is 29.7. The van der Waals surface area contributed by atoms with Gasteiger partial charge in [-0.2, -0.15) is 0 Å². The largest absolute Gasteiger partial charge is 0.403 e. The van der Waals surface area contributed by atoms with E-state index < -0.39 is 21.0 Å². The maximum absolute atomic E-state index is 12.1. The van der Waals surface area contributed by atoms with Gasteiger partial charge in [-0.25, -0.2) is 8.42 Å². The molecule has 3 rings (SSSR count). The molecule has 0 radical (unpaired) electrons. The van der Waals surface area contributed by atoms with Crippen LogP contribution in [0.2, 0.25) is 0 Å². The van der Waals surface area contributed by atoms with E-state index in [0.717, 1.165) is 4.88 Å². The fourth-order valence-corrected chi connectivity index (χ4v) is 3.82. The van der Waals surface area contributed by atoms with E-state index in [0.29, 0.717) is 5.56 Å². The topological polar surface area (TPSA) is 102 Å². The summed E-state index contributed by atoms with van der Waals surface area (Å²) in [5.74, 6) is -0.210. The van der Waals surface area contributed by atoms with Gasteiger partial charge in [0.2, 0.25) is 5.89 Å². The van der Waals surface area contributed by atoms with Crippen molar-refractivity contribution in [3.8, 4) is 11.5 Å². The van der Waals surface area contributed by atoms with Crippen LogP contribution >= 0.6 is 11.3 Å². The summed E-state index contributed by atoms with van der Waals surface area (Å²) in [7, 11) is -3.34. The summed E-state index contributed by atoms with van der Waals surface area (Å²) in [5, 5.41) is 11.6. The summed E-state index contributed by atoms with van der Waals surface area (Å²) >= 11 is 1.52. The maximum Gasteiger partial charge on any atom is 0.322 e. The first-order chi connectivity index (χ1) is 12.9. The molecule has 2 heterocycles. The lowest BCUT2D eigenvalue weighted by Crippen LogP contribution is -2.13. The van der Waals surface area contributed by atoms with Crippen LogP contribution in [0.1, 0.15) is 18.7 Å². The normalized spacial score (nSPS) is 12.0. The minimum atomic E-state index is -3.34. The van der Waals surface area contributed by atoms with Gasteiger partial charge in [-0.05, 0) is 55.6 Å². The van der Waals surface area contributed by atoms with Gasteiger partial charge in [0.25, 0.3) is 5.91 Å². The molecule has 3 aromatic rings. The summed E-state index contributed by atoms with van der Waals surface area (Å²) in [5.41, 5.74) is 0.555. The molecule has 0 bridgehead atoms. The zero-order valence-corrected chi connectivity index (χ0v) is 16.3. The van der Waals surface area contributed by atoms with Gasteiger partial charge in [0.05, 0.1) is 10.1 Å². The van der Waals surface area contributed by atoms with E-state index in [1.807, 2.05) is 17.5 Å². The van der Waals surface area contributed by atoms with Gasteiger partial charge in [0, 0.05) is 16.5 Å². The van der Waals surface area contributed by atoms with Crippen LogP contribution in [-0.2, 0) is 14.6 Å². The summed E-state index contributed by atoms with van der Waals surface area (Å²) in [6.07, 6.45) is 3.06. The number of anilines is 1. The van der Waals surface area contributed by atoms with Gasteiger partial charge in [0.15, 0.2) is 9.84 Å². The fourth-order valence-electron chi connectivity index (χ4n) is 2.14. The van der Waals surface area contributed by atoms with Crippen molar-refractivity contribution in [3.05, 3.63) is 52.7 Å². The van der Waals surface area contributed by atoms with E-state index in [9.17, 15) is 13.2 Å². The third kappa shape index (κ3) is 4.50. The van der Waals surface area contributed by atoms with Gasteiger partial charge in [0.1, 0.15) is 0 Å². The molecule has 2 aromatic heterocycles. The first-order valence-corrected chi connectivity index (χ1v) is 10.5. The summed E-state index contributed by atoms with van der Waals surface area (Å²) in [6, 6.07) is 9.92. The molecular formula is C18H17N3O4S2. The number of rotatable bonds is 6. The van der Waals surface area contributed by atoms with Crippen molar-refractivity contribution in [1.29, 1.82) is 0 Å². The minimum Gasteiger partial charge on any atom is -0.403 e. The molecule has 9 heteroatoms. The second kappa shape index (κ2) is 7.85. The predicted molar refractivity (Wildman–Crippen MR) is 104 cm³/mol. The molecule has 0 saturated carbocycles. The van der Waals surface area contributed by atoms with E-state index in [4.69, 9.17) is 4.42 Å². The fraction of sp³-hybridized carbons (Fsp3) is 0.167. The van der Waals surface area contributed by atoms with Gasteiger partial charge in [-0.3, -0.25) is 10.1 Å². The highest BCUT2D eigenvalue weighted by atomic mass is 32.2. The van der Waals surface area contributed by atoms with Crippen LogP contribution in [0.4, 0.5) is 6.01 Å². The number of nitrogens with zero attached hydrogens (tertiary/aromatic N) is 2. The highest BCUT2D eigenvalue weighted by Crippen LogP contribution is 2.23. The Hall–Kier alpha value is -2.78. The molecule has 0 unspecified atom stereocenters. The van der Waals surface area contributed by atoms with E-state index in [2.05, 4.69) is 15.5 Å². The zero-order chi connectivity index (χ0) is 19.4. The molecule has 140 valence electrons. The number of hydrogen-bond donors (Lipinski definition) is 1. The van der Waals surface area contributed by atoms with Gasteiger partial charge >= 0.3 is 6.01 Å². The molecule has 0 aliphatic carbocycles. The average molecular weight is 403 g/mol. The summed E-state index contributed by atoms with van der Waals surface area (Å²) in [6.45, 7) is 3.26. The number of hydrogen-bond acceptors (Lipinski definition) is 7. The maximum atomic E-state index is 12.1. The Bertz CT molecular complexity index is 1050. The molecule has 27 heavy (non-hydrogen) atoms. The van der Waals surface area contributed by atoms with Crippen molar-refractivity contribution in [3.63, 3.8) is 0 Å². The number of thiophene rings is 1. The van der Waals surface area contributed by atoms with Gasteiger partial charge in [-0.15, -0.1) is 16.4 Å². The van der Waals surface area contributed by atoms with Crippen LogP contribution in [-0.4, -0.2) is 29.8 Å². The van der Waals surface area contributed by atoms with Crippen molar-refractivity contribution in [2.45, 2.75) is 24.0 Å². The van der Waals surface area contributed by atoms with Gasteiger partial charge < -0.3 is 4.42 Å². The molecule has 1 N–H and O–H groups in total. The molecule has 0 fully saturated rings. The molecule has 1 amide bonds. The number of benzene rings is 1. The van der Waals surface area contributed by atoms with Crippen LogP contribution in [0.15, 0.2) is 57.2 Å². The van der Waals surface area contributed by atoms with Gasteiger partial charge in [-0.1, -0.05) is 11.2 Å². The Morgan fingerprint density at radius 1 is 1.19 bits per heavy atom. The van der Waals surface area contributed by atoms with Crippen LogP contribution < -0.4 is 5.32 Å². The minimum absolute atomic E-state index is 0.0373. The lowest BCUT2D eigenvalue weighted by molar-refractivity contribution is -0.112. The van der Waals surface area contributed by atoms with Crippen molar-refractivity contribution in [2.24, 2.45) is 0 Å². The highest BCUT2D eigenvalue weighted by molar-refractivity contribution is 7.92. The molecule has 7 nitrogen and oxygen atoms in total. The SMILES string of the molecule is CC(C)S(=O)(=O)c1ccc(-c2nnc(NC(=O)/C=C/c3cccs3)o2)cc1. The highest BCUT2D eigenvalue weighted by Gasteiger charge is 2.19. The first-order valence-electron chi connectivity index (χ1n) is 8.06. The van der Waals surface area contributed by atoms with Crippen LogP contribution in [0, 0.1) is 0 Å². The molecule has 0 aliphatic heterocycles. The molecule has 0 saturated heterocycles. The first kappa shape index (κ1) is 19.0. The lowest BCUT2D eigenvalue weighted by atomic mass is 10.2. The number of nitrogens with one attached hydrogen (secondary N) is 1. The van der Waals surface area contributed by atoms with Crippen molar-refractivity contribution in [1.82, 2.24) is 10.2 Å². The average Bonchev–Trinajstić information content (AvgIpc) is 3.32. The number of sulfone groups is 1. The van der Waals surface area contributed by atoms with Crippen LogP contribution in [0.5, 0.6) is 0 Å². The Morgan fingerprint density at radius 2 is 1.93 bits per heavy atom. The zero-order valence-electron chi connectivity index (χ0n) is 14.6. The molecule has 0 spiro atoms. The van der Waals surface area contributed by atoms with Crippen LogP contribution in [0.25, 0.3) is 17.5 Å². The quantitative estimate of drug-likeness (QED) is 0.631. The molecular weight excluding hydrogens is 386 g/mol. The number of carbonyl (C=O) groups is 1. The second-order valence-corrected chi connectivity index (χ2v) is 9.35. The number of aromatic nitrogens is 2. The number of carbonyl (C=O) groups excluding carboxylic acids is 1. The Kier molecular flexibility index (Phi) is 5.52. The van der Waals surface area contributed by atoms with E-state index >= 15 is 0 Å². The Balaban J connectivity index is 1.69. The van der Waals surface area contributed by atoms with E-state index in [1.54, 1.807) is 32.1 Å². The molecule has 1 aromatic carbocycles. The third-order valence-electron chi connectivity index (χ3n) is 3.65. The molecule has 0 aliphatic rings. The van der Waals surface area contributed by atoms with E-state index in [-0.39, 0.29) is 16.8 Å². The van der Waals surface area contributed by atoms with E-state index in [1.165, 1.54) is 29.5 Å². The van der Waals surface area contributed by atoms with Crippen molar-refractivity contribution in [2.75, 3.05) is 5.32 Å². The van der Waals surface area contributed by atoms with Crippen molar-refractivity contribution < 1.29 is 17.6 Å². The van der Waals surface area contributed by atoms with Crippen LogP contribution in [0.3, 0.4) is 0 Å². The third-order valence-corrected chi connectivity index (χ3v) is 6.66. The molecule has 0 atom stereocenters. The lowest BCUT2D eigenvalue weighted by Gasteiger charge is -2.07. The second-order valence-electron chi connectivity index (χ2n) is 5.87. The monoisotopic (exact) mass is 403 g/mol. The van der Waals surface area contributed by atoms with Crippen molar-refractivity contribution >= 4 is 39.2 Å². The predicted octanol–water partition coefficient (Wildman–Crippen LogP) is 3.63. The summed E-state index contributed by atoms with van der Waals surface area (Å²) in [4.78, 5) is 13.1. The number of amides is 1. The Morgan fingerprint density at radius 3 is 2.56 bits per heavy atom.